The van der Waals surface area contributed by atoms with Gasteiger partial charge in [0.25, 0.3) is 11.8 Å². The topological polar surface area (TPSA) is 140 Å². The normalized spacial score (nSPS) is 15.9. The Kier molecular flexibility index (Phi) is 5.55. The van der Waals surface area contributed by atoms with Gasteiger partial charge in [-0.2, -0.15) is 0 Å². The maximum atomic E-state index is 12.9. The molecule has 1 fully saturated rings. The number of halogens is 1. The van der Waals surface area contributed by atoms with E-state index in [0.29, 0.717) is 17.0 Å². The van der Waals surface area contributed by atoms with Crippen LogP contribution >= 0.6 is 15.9 Å². The number of imide groups is 2. The third kappa shape index (κ3) is 4.26. The molecule has 1 aliphatic heterocycles. The second-order valence-electron chi connectivity index (χ2n) is 6.71. The van der Waals surface area contributed by atoms with Crippen LogP contribution < -0.4 is 15.4 Å². The van der Waals surface area contributed by atoms with Crippen molar-refractivity contribution >= 4 is 55.6 Å². The molecular weight excluding hydrogens is 502 g/mol. The Bertz CT molecular complexity index is 1380. The summed E-state index contributed by atoms with van der Waals surface area (Å²) < 4.78 is 29.2. The Labute approximate surface area is 190 Å². The Morgan fingerprint density at radius 2 is 1.59 bits per heavy atom. The quantitative estimate of drug-likeness (QED) is 0.404. The van der Waals surface area contributed by atoms with Crippen molar-refractivity contribution in [2.45, 2.75) is 4.90 Å². The summed E-state index contributed by atoms with van der Waals surface area (Å²) in [4.78, 5) is 38.2. The van der Waals surface area contributed by atoms with Crippen LogP contribution in [0.25, 0.3) is 17.4 Å². The average molecular weight is 516 g/mol. The predicted octanol–water partition coefficient (Wildman–Crippen LogP) is 3.02. The number of urea groups is 1. The molecule has 0 spiro atoms. The Morgan fingerprint density at radius 3 is 2.22 bits per heavy atom. The molecule has 1 aromatic heterocycles. The molecule has 0 saturated carbocycles. The molecule has 4 amide bonds. The summed E-state index contributed by atoms with van der Waals surface area (Å²) in [5.74, 6) is -1.07. The number of nitrogens with one attached hydrogen (secondary N) is 1. The number of benzene rings is 2. The van der Waals surface area contributed by atoms with Crippen LogP contribution in [-0.2, 0) is 19.6 Å². The Morgan fingerprint density at radius 1 is 0.938 bits per heavy atom. The molecule has 0 bridgehead atoms. The van der Waals surface area contributed by atoms with Crippen molar-refractivity contribution in [3.63, 3.8) is 0 Å². The highest BCUT2D eigenvalue weighted by atomic mass is 79.9. The van der Waals surface area contributed by atoms with Crippen LogP contribution in [0.15, 0.2) is 80.0 Å². The highest BCUT2D eigenvalue weighted by Gasteiger charge is 2.37. The fourth-order valence-electron chi connectivity index (χ4n) is 3.02. The standard InChI is InChI=1S/C21H14BrN3O6S/c22-13-3-5-14(6-4-13)25-20(27)17(19(26)24-21(25)28)11-15-7-10-18(31-15)12-1-8-16(9-2-12)32(23,29)30/h1-11H,(H2,23,29,30)(H,24,26,28)/b17-11-. The number of carbonyl (C=O) groups is 3. The lowest BCUT2D eigenvalue weighted by Gasteiger charge is -2.26. The molecule has 3 N–H and O–H groups in total. The van der Waals surface area contributed by atoms with Crippen molar-refractivity contribution in [3.05, 3.63) is 76.5 Å². The molecule has 0 aliphatic carbocycles. The number of furan rings is 1. The maximum absolute atomic E-state index is 12.9. The number of rotatable bonds is 4. The summed E-state index contributed by atoms with van der Waals surface area (Å²) in [7, 11) is -3.82. The Balaban J connectivity index is 1.64. The molecule has 11 heteroatoms. The van der Waals surface area contributed by atoms with E-state index >= 15 is 0 Å². The van der Waals surface area contributed by atoms with E-state index in [0.717, 1.165) is 9.37 Å². The molecule has 3 aromatic rings. The SMILES string of the molecule is NS(=O)(=O)c1ccc(-c2ccc(/C=C3/C(=O)NC(=O)N(c4ccc(Br)cc4)C3=O)o2)cc1. The third-order valence-corrected chi connectivity index (χ3v) is 6.03. The summed E-state index contributed by atoms with van der Waals surface area (Å²) >= 11 is 3.28. The van der Waals surface area contributed by atoms with E-state index in [-0.39, 0.29) is 16.2 Å². The highest BCUT2D eigenvalue weighted by Crippen LogP contribution is 2.27. The van der Waals surface area contributed by atoms with E-state index in [2.05, 4.69) is 21.2 Å². The second-order valence-corrected chi connectivity index (χ2v) is 9.18. The minimum atomic E-state index is -3.82. The molecule has 32 heavy (non-hydrogen) atoms. The van der Waals surface area contributed by atoms with Gasteiger partial charge in [-0.1, -0.05) is 15.9 Å². The van der Waals surface area contributed by atoms with Gasteiger partial charge in [0.1, 0.15) is 17.1 Å². The van der Waals surface area contributed by atoms with Gasteiger partial charge >= 0.3 is 6.03 Å². The zero-order valence-electron chi connectivity index (χ0n) is 16.1. The van der Waals surface area contributed by atoms with Crippen molar-refractivity contribution in [2.75, 3.05) is 4.90 Å². The Hall–Kier alpha value is -3.54. The lowest BCUT2D eigenvalue weighted by atomic mass is 10.1. The number of carbonyl (C=O) groups excluding carboxylic acids is 3. The van der Waals surface area contributed by atoms with E-state index in [4.69, 9.17) is 9.56 Å². The highest BCUT2D eigenvalue weighted by molar-refractivity contribution is 9.10. The molecule has 1 aliphatic rings. The van der Waals surface area contributed by atoms with Gasteiger partial charge in [-0.15, -0.1) is 0 Å². The molecule has 1 saturated heterocycles. The second kappa shape index (κ2) is 8.19. The molecule has 0 atom stereocenters. The maximum Gasteiger partial charge on any atom is 0.335 e. The van der Waals surface area contributed by atoms with Crippen molar-refractivity contribution in [2.24, 2.45) is 5.14 Å². The van der Waals surface area contributed by atoms with Crippen LogP contribution in [0.4, 0.5) is 10.5 Å². The first-order valence-electron chi connectivity index (χ1n) is 9.03. The van der Waals surface area contributed by atoms with Crippen molar-refractivity contribution in [1.82, 2.24) is 5.32 Å². The number of amides is 4. The molecule has 2 heterocycles. The van der Waals surface area contributed by atoms with E-state index in [1.54, 1.807) is 30.3 Å². The van der Waals surface area contributed by atoms with Gasteiger partial charge in [0, 0.05) is 10.0 Å². The van der Waals surface area contributed by atoms with Crippen LogP contribution in [0.3, 0.4) is 0 Å². The third-order valence-electron chi connectivity index (χ3n) is 4.57. The van der Waals surface area contributed by atoms with Crippen molar-refractivity contribution < 1.29 is 27.2 Å². The monoisotopic (exact) mass is 515 g/mol. The first-order chi connectivity index (χ1) is 15.1. The smallest absolute Gasteiger partial charge is 0.335 e. The van der Waals surface area contributed by atoms with E-state index in [9.17, 15) is 22.8 Å². The van der Waals surface area contributed by atoms with Crippen LogP contribution in [0, 0.1) is 0 Å². The first kappa shape index (κ1) is 21.7. The van der Waals surface area contributed by atoms with Gasteiger partial charge in [-0.3, -0.25) is 14.9 Å². The van der Waals surface area contributed by atoms with E-state index < -0.39 is 27.9 Å². The molecule has 0 unspecified atom stereocenters. The molecule has 2 aromatic carbocycles. The summed E-state index contributed by atoms with van der Waals surface area (Å²) in [6.07, 6.45) is 1.23. The van der Waals surface area contributed by atoms with Crippen molar-refractivity contribution in [3.8, 4) is 11.3 Å². The lowest BCUT2D eigenvalue weighted by molar-refractivity contribution is -0.122. The molecule has 0 radical (unpaired) electrons. The number of anilines is 1. The van der Waals surface area contributed by atoms with Crippen LogP contribution in [-0.4, -0.2) is 26.3 Å². The number of nitrogens with two attached hydrogens (primary N) is 1. The zero-order chi connectivity index (χ0) is 23.0. The number of sulfonamides is 1. The number of primary sulfonamides is 1. The van der Waals surface area contributed by atoms with Crippen LogP contribution in [0.1, 0.15) is 5.76 Å². The largest absolute Gasteiger partial charge is 0.457 e. The fourth-order valence-corrected chi connectivity index (χ4v) is 3.80. The molecule has 4 rings (SSSR count). The van der Waals surface area contributed by atoms with Gasteiger partial charge < -0.3 is 4.42 Å². The number of hydrogen-bond donors (Lipinski definition) is 2. The predicted molar refractivity (Wildman–Crippen MR) is 119 cm³/mol. The summed E-state index contributed by atoms with van der Waals surface area (Å²) in [5.41, 5.74) is 0.579. The minimum Gasteiger partial charge on any atom is -0.457 e. The summed E-state index contributed by atoms with van der Waals surface area (Å²) in [6.45, 7) is 0. The summed E-state index contributed by atoms with van der Waals surface area (Å²) in [6, 6.07) is 14.4. The van der Waals surface area contributed by atoms with Crippen LogP contribution in [0.2, 0.25) is 0 Å². The van der Waals surface area contributed by atoms with E-state index in [1.165, 1.54) is 36.4 Å². The zero-order valence-corrected chi connectivity index (χ0v) is 18.5. The number of hydrogen-bond acceptors (Lipinski definition) is 6. The number of barbiturate groups is 1. The van der Waals surface area contributed by atoms with Gasteiger partial charge in [-0.25, -0.2) is 23.3 Å². The van der Waals surface area contributed by atoms with Crippen LogP contribution in [0.5, 0.6) is 0 Å². The molecule has 9 nitrogen and oxygen atoms in total. The van der Waals surface area contributed by atoms with Gasteiger partial charge in [0.2, 0.25) is 10.0 Å². The molecular formula is C21H14BrN3O6S. The van der Waals surface area contributed by atoms with Gasteiger partial charge in [-0.05, 0) is 66.7 Å². The minimum absolute atomic E-state index is 0.0441. The summed E-state index contributed by atoms with van der Waals surface area (Å²) in [5, 5.41) is 7.23. The first-order valence-corrected chi connectivity index (χ1v) is 11.4. The van der Waals surface area contributed by atoms with Gasteiger partial charge in [0.05, 0.1) is 10.6 Å². The fraction of sp³-hybridized carbons (Fsp3) is 0. The average Bonchev–Trinajstić information content (AvgIpc) is 3.20. The van der Waals surface area contributed by atoms with E-state index in [1.807, 2.05) is 0 Å². The van der Waals surface area contributed by atoms with Crippen molar-refractivity contribution in [1.29, 1.82) is 0 Å². The van der Waals surface area contributed by atoms with Gasteiger partial charge in [0.15, 0.2) is 0 Å². The molecule has 162 valence electrons. The number of nitrogens with zero attached hydrogens (tertiary/aromatic N) is 1. The lowest BCUT2D eigenvalue weighted by Crippen LogP contribution is -2.54.